The van der Waals surface area contributed by atoms with Crippen molar-refractivity contribution in [2.75, 3.05) is 38.3 Å². The molecule has 1 aromatic rings. The van der Waals surface area contributed by atoms with Crippen LogP contribution in [0, 0.1) is 6.92 Å². The van der Waals surface area contributed by atoms with Gasteiger partial charge in [-0.25, -0.2) is 0 Å². The third-order valence-corrected chi connectivity index (χ3v) is 2.67. The first-order valence-electron chi connectivity index (χ1n) is 5.58. The van der Waals surface area contributed by atoms with Gasteiger partial charge in [0, 0.05) is 26.2 Å². The van der Waals surface area contributed by atoms with Gasteiger partial charge >= 0.3 is 0 Å². The minimum absolute atomic E-state index is 0.377. The van der Waals surface area contributed by atoms with Crippen LogP contribution >= 0.6 is 0 Å². The van der Waals surface area contributed by atoms with Crippen LogP contribution in [0.5, 0.6) is 0 Å². The topological polar surface area (TPSA) is 50.3 Å². The Kier molecular flexibility index (Phi) is 3.69. The summed E-state index contributed by atoms with van der Waals surface area (Å²) in [6.07, 6.45) is 0. The predicted octanol–water partition coefficient (Wildman–Crippen LogP) is 0.210. The Morgan fingerprint density at radius 1 is 1.50 bits per heavy atom. The van der Waals surface area contributed by atoms with Crippen molar-refractivity contribution < 1.29 is 4.74 Å². The number of hydrogen-bond donors (Lipinski definition) is 1. The summed E-state index contributed by atoms with van der Waals surface area (Å²) in [6, 6.07) is 4.34. The molecule has 2 rings (SSSR count). The molecule has 1 aromatic heterocycles. The molecule has 1 fully saturated rings. The highest BCUT2D eigenvalue weighted by Crippen LogP contribution is 2.08. The van der Waals surface area contributed by atoms with E-state index in [1.807, 2.05) is 26.1 Å². The van der Waals surface area contributed by atoms with Crippen LogP contribution in [0.15, 0.2) is 12.1 Å². The Labute approximate surface area is 95.8 Å². The van der Waals surface area contributed by atoms with Crippen LogP contribution in [0.25, 0.3) is 0 Å². The third-order valence-electron chi connectivity index (χ3n) is 2.67. The van der Waals surface area contributed by atoms with Crippen molar-refractivity contribution in [1.29, 1.82) is 0 Å². The minimum Gasteiger partial charge on any atom is -0.378 e. The number of anilines is 1. The molecule has 1 N–H and O–H groups in total. The quantitative estimate of drug-likeness (QED) is 0.792. The van der Waals surface area contributed by atoms with Gasteiger partial charge in [0.1, 0.15) is 0 Å². The van der Waals surface area contributed by atoms with Gasteiger partial charge in [-0.2, -0.15) is 5.10 Å². The van der Waals surface area contributed by atoms with E-state index in [0.29, 0.717) is 6.04 Å². The molecular weight excluding hydrogens is 204 g/mol. The lowest BCUT2D eigenvalue weighted by atomic mass is 10.2. The molecule has 1 atom stereocenters. The first kappa shape index (κ1) is 11.3. The van der Waals surface area contributed by atoms with Gasteiger partial charge in [0.15, 0.2) is 5.82 Å². The summed E-state index contributed by atoms with van der Waals surface area (Å²) < 4.78 is 5.41. The molecule has 2 heterocycles. The molecule has 88 valence electrons. The van der Waals surface area contributed by atoms with Crippen LogP contribution in [0.3, 0.4) is 0 Å². The lowest BCUT2D eigenvalue weighted by Crippen LogP contribution is -2.47. The molecular formula is C11H18N4O. The highest BCUT2D eigenvalue weighted by molar-refractivity contribution is 5.36. The van der Waals surface area contributed by atoms with Gasteiger partial charge in [-0.05, 0) is 19.1 Å². The van der Waals surface area contributed by atoms with Crippen LogP contribution in [0.4, 0.5) is 5.82 Å². The first-order valence-corrected chi connectivity index (χ1v) is 5.58. The molecule has 16 heavy (non-hydrogen) atoms. The summed E-state index contributed by atoms with van der Waals surface area (Å²) in [5, 5.41) is 11.6. The highest BCUT2D eigenvalue weighted by atomic mass is 16.5. The molecule has 5 heteroatoms. The molecule has 0 aliphatic carbocycles. The van der Waals surface area contributed by atoms with Gasteiger partial charge in [-0.1, -0.05) is 0 Å². The standard InChI is InChI=1S/C11H18N4O/c1-9-3-4-11(14-13-9)15(2)7-10-8-16-6-5-12-10/h3-4,10,12H,5-8H2,1-2H3. The molecule has 0 spiro atoms. The van der Waals surface area contributed by atoms with E-state index in [9.17, 15) is 0 Å². The summed E-state index contributed by atoms with van der Waals surface area (Å²) in [6.45, 7) is 5.33. The zero-order valence-electron chi connectivity index (χ0n) is 9.81. The number of nitrogens with zero attached hydrogens (tertiary/aromatic N) is 3. The van der Waals surface area contributed by atoms with Crippen molar-refractivity contribution in [3.8, 4) is 0 Å². The molecule has 1 aliphatic rings. The molecule has 0 bridgehead atoms. The van der Waals surface area contributed by atoms with Crippen molar-refractivity contribution in [3.63, 3.8) is 0 Å². The fourth-order valence-electron chi connectivity index (χ4n) is 1.76. The predicted molar refractivity (Wildman–Crippen MR) is 62.6 cm³/mol. The second kappa shape index (κ2) is 5.23. The Bertz CT molecular complexity index is 321. The van der Waals surface area contributed by atoms with E-state index in [-0.39, 0.29) is 0 Å². The van der Waals surface area contributed by atoms with Crippen molar-refractivity contribution in [3.05, 3.63) is 17.8 Å². The van der Waals surface area contributed by atoms with E-state index >= 15 is 0 Å². The summed E-state index contributed by atoms with van der Waals surface area (Å²) in [4.78, 5) is 2.10. The number of morpholine rings is 1. The molecule has 0 aromatic carbocycles. The van der Waals surface area contributed by atoms with Crippen molar-refractivity contribution in [2.45, 2.75) is 13.0 Å². The number of likely N-dealkylation sites (N-methyl/N-ethyl adjacent to an activating group) is 1. The number of rotatable bonds is 3. The monoisotopic (exact) mass is 222 g/mol. The maximum Gasteiger partial charge on any atom is 0.151 e. The Balaban J connectivity index is 1.91. The lowest BCUT2D eigenvalue weighted by Gasteiger charge is -2.28. The summed E-state index contributed by atoms with van der Waals surface area (Å²) in [7, 11) is 2.02. The van der Waals surface area contributed by atoms with Crippen LogP contribution in [0.2, 0.25) is 0 Å². The van der Waals surface area contributed by atoms with E-state index in [4.69, 9.17) is 4.74 Å². The van der Waals surface area contributed by atoms with Crippen LogP contribution in [0.1, 0.15) is 5.69 Å². The summed E-state index contributed by atoms with van der Waals surface area (Å²) in [5.41, 5.74) is 0.941. The SMILES string of the molecule is Cc1ccc(N(C)CC2COCCN2)nn1. The first-order chi connectivity index (χ1) is 7.75. The van der Waals surface area contributed by atoms with Crippen LogP contribution < -0.4 is 10.2 Å². The lowest BCUT2D eigenvalue weighted by molar-refractivity contribution is 0.0790. The van der Waals surface area contributed by atoms with Crippen LogP contribution in [-0.4, -0.2) is 49.6 Å². The number of hydrogen-bond acceptors (Lipinski definition) is 5. The number of aromatic nitrogens is 2. The Morgan fingerprint density at radius 2 is 2.38 bits per heavy atom. The number of nitrogens with one attached hydrogen (secondary N) is 1. The fourth-order valence-corrected chi connectivity index (χ4v) is 1.76. The number of ether oxygens (including phenoxy) is 1. The summed E-state index contributed by atoms with van der Waals surface area (Å²) >= 11 is 0. The summed E-state index contributed by atoms with van der Waals surface area (Å²) in [5.74, 6) is 0.901. The third kappa shape index (κ3) is 2.90. The zero-order chi connectivity index (χ0) is 11.4. The van der Waals surface area contributed by atoms with E-state index in [2.05, 4.69) is 20.4 Å². The minimum atomic E-state index is 0.377. The highest BCUT2D eigenvalue weighted by Gasteiger charge is 2.15. The smallest absolute Gasteiger partial charge is 0.151 e. The normalized spacial score (nSPS) is 20.8. The van der Waals surface area contributed by atoms with E-state index in [0.717, 1.165) is 37.8 Å². The fraction of sp³-hybridized carbons (Fsp3) is 0.636. The maximum absolute atomic E-state index is 5.41. The molecule has 1 aliphatic heterocycles. The molecule has 0 saturated carbocycles. The van der Waals surface area contributed by atoms with Gasteiger partial charge in [0.05, 0.1) is 18.9 Å². The molecule has 1 unspecified atom stereocenters. The molecule has 0 amide bonds. The average molecular weight is 222 g/mol. The maximum atomic E-state index is 5.41. The molecule has 5 nitrogen and oxygen atoms in total. The van der Waals surface area contributed by atoms with Crippen molar-refractivity contribution in [1.82, 2.24) is 15.5 Å². The second-order valence-corrected chi connectivity index (χ2v) is 4.14. The Morgan fingerprint density at radius 3 is 3.00 bits per heavy atom. The van der Waals surface area contributed by atoms with Crippen molar-refractivity contribution >= 4 is 5.82 Å². The van der Waals surface area contributed by atoms with Gasteiger partial charge in [0.2, 0.25) is 0 Å². The van der Waals surface area contributed by atoms with Crippen molar-refractivity contribution in [2.24, 2.45) is 0 Å². The van der Waals surface area contributed by atoms with E-state index in [1.165, 1.54) is 0 Å². The van der Waals surface area contributed by atoms with Gasteiger partial charge < -0.3 is 15.0 Å². The van der Waals surface area contributed by atoms with E-state index in [1.54, 1.807) is 0 Å². The average Bonchev–Trinajstić information content (AvgIpc) is 2.31. The largest absolute Gasteiger partial charge is 0.378 e. The zero-order valence-corrected chi connectivity index (χ0v) is 9.81. The second-order valence-electron chi connectivity index (χ2n) is 4.14. The molecule has 1 saturated heterocycles. The Hall–Kier alpha value is -1.20. The molecule has 0 radical (unpaired) electrons. The van der Waals surface area contributed by atoms with Crippen LogP contribution in [-0.2, 0) is 4.74 Å². The van der Waals surface area contributed by atoms with Gasteiger partial charge in [-0.15, -0.1) is 5.10 Å². The van der Waals surface area contributed by atoms with Gasteiger partial charge in [-0.3, -0.25) is 0 Å². The number of aryl methyl sites for hydroxylation is 1. The van der Waals surface area contributed by atoms with E-state index < -0.39 is 0 Å². The van der Waals surface area contributed by atoms with Gasteiger partial charge in [0.25, 0.3) is 0 Å².